The molecule has 1 nitrogen and oxygen atoms in total. The highest BCUT2D eigenvalue weighted by atomic mass is 14.6. The lowest BCUT2D eigenvalue weighted by atomic mass is 9.99. The van der Waals surface area contributed by atoms with E-state index in [0.717, 1.165) is 19.3 Å². The smallest absolute Gasteiger partial charge is 0.0295 e. The Kier molecular flexibility index (Phi) is 4.54. The van der Waals surface area contributed by atoms with Crippen LogP contribution in [0.3, 0.4) is 0 Å². The van der Waals surface area contributed by atoms with Crippen LogP contribution >= 0.6 is 0 Å². The van der Waals surface area contributed by atoms with Crippen molar-refractivity contribution in [2.24, 2.45) is 5.73 Å². The fourth-order valence-corrected chi connectivity index (χ4v) is 2.24. The molecular weight excluding hydrogens is 218 g/mol. The molecule has 2 N–H and O–H groups in total. The van der Waals surface area contributed by atoms with Crippen LogP contribution in [0.2, 0.25) is 0 Å². The van der Waals surface area contributed by atoms with Crippen molar-refractivity contribution in [3.8, 4) is 0 Å². The summed E-state index contributed by atoms with van der Waals surface area (Å²) >= 11 is 0. The van der Waals surface area contributed by atoms with Crippen molar-refractivity contribution in [1.29, 1.82) is 0 Å². The average molecular weight is 239 g/mol. The van der Waals surface area contributed by atoms with Gasteiger partial charge in [0.25, 0.3) is 0 Å². The molecule has 0 saturated heterocycles. The van der Waals surface area contributed by atoms with E-state index in [9.17, 15) is 0 Å². The topological polar surface area (TPSA) is 26.0 Å². The normalized spacial score (nSPS) is 12.3. The van der Waals surface area contributed by atoms with Crippen molar-refractivity contribution in [3.63, 3.8) is 0 Å². The molecule has 2 aromatic carbocycles. The fraction of sp³-hybridized carbons (Fsp3) is 0.294. The average Bonchev–Trinajstić information content (AvgIpc) is 2.40. The molecule has 0 fully saturated rings. The largest absolute Gasteiger partial charge is 0.324 e. The summed E-state index contributed by atoms with van der Waals surface area (Å²) in [5.74, 6) is 0. The van der Waals surface area contributed by atoms with Crippen LogP contribution in [-0.4, -0.2) is 0 Å². The first-order valence-corrected chi connectivity index (χ1v) is 6.62. The third kappa shape index (κ3) is 3.71. The third-order valence-corrected chi connectivity index (χ3v) is 3.29. The van der Waals surface area contributed by atoms with Crippen LogP contribution in [0, 0.1) is 6.92 Å². The van der Waals surface area contributed by atoms with Gasteiger partial charge in [-0.05, 0) is 37.3 Å². The zero-order valence-corrected chi connectivity index (χ0v) is 11.0. The van der Waals surface area contributed by atoms with Crippen molar-refractivity contribution < 1.29 is 0 Å². The van der Waals surface area contributed by atoms with Gasteiger partial charge in [-0.1, -0.05) is 60.2 Å². The summed E-state index contributed by atoms with van der Waals surface area (Å²) in [6.45, 7) is 2.11. The Morgan fingerprint density at radius 3 is 2.50 bits per heavy atom. The summed E-state index contributed by atoms with van der Waals surface area (Å²) < 4.78 is 0. The number of hydrogen-bond acceptors (Lipinski definition) is 1. The number of benzene rings is 2. The molecule has 0 bridgehead atoms. The summed E-state index contributed by atoms with van der Waals surface area (Å²) in [4.78, 5) is 0. The molecule has 0 saturated carbocycles. The SMILES string of the molecule is Cc1cccc(C(N)CCCc2ccccc2)c1. The molecule has 0 aliphatic rings. The molecule has 2 rings (SSSR count). The van der Waals surface area contributed by atoms with Crippen molar-refractivity contribution in [2.75, 3.05) is 0 Å². The lowest BCUT2D eigenvalue weighted by molar-refractivity contribution is 0.611. The Labute approximate surface area is 110 Å². The summed E-state index contributed by atoms with van der Waals surface area (Å²) in [7, 11) is 0. The Hall–Kier alpha value is -1.60. The van der Waals surface area contributed by atoms with Crippen molar-refractivity contribution >= 4 is 0 Å². The minimum absolute atomic E-state index is 0.161. The zero-order chi connectivity index (χ0) is 12.8. The highest BCUT2D eigenvalue weighted by Crippen LogP contribution is 2.18. The molecule has 0 radical (unpaired) electrons. The van der Waals surface area contributed by atoms with E-state index in [1.165, 1.54) is 16.7 Å². The van der Waals surface area contributed by atoms with E-state index in [2.05, 4.69) is 61.5 Å². The molecule has 1 unspecified atom stereocenters. The van der Waals surface area contributed by atoms with Gasteiger partial charge in [0, 0.05) is 6.04 Å². The lowest BCUT2D eigenvalue weighted by Gasteiger charge is -2.12. The van der Waals surface area contributed by atoms with Crippen molar-refractivity contribution in [2.45, 2.75) is 32.2 Å². The molecule has 0 aromatic heterocycles. The van der Waals surface area contributed by atoms with Gasteiger partial charge in [0.2, 0.25) is 0 Å². The van der Waals surface area contributed by atoms with Crippen LogP contribution in [0.25, 0.3) is 0 Å². The van der Waals surface area contributed by atoms with Crippen molar-refractivity contribution in [3.05, 3.63) is 71.3 Å². The van der Waals surface area contributed by atoms with Gasteiger partial charge in [-0.15, -0.1) is 0 Å². The van der Waals surface area contributed by atoms with E-state index in [4.69, 9.17) is 5.73 Å². The van der Waals surface area contributed by atoms with Crippen LogP contribution in [-0.2, 0) is 6.42 Å². The first kappa shape index (κ1) is 12.8. The number of nitrogens with two attached hydrogens (primary N) is 1. The second-order valence-corrected chi connectivity index (χ2v) is 4.90. The molecule has 0 aliphatic carbocycles. The highest BCUT2D eigenvalue weighted by molar-refractivity contribution is 5.24. The fourth-order valence-electron chi connectivity index (χ4n) is 2.24. The van der Waals surface area contributed by atoms with E-state index >= 15 is 0 Å². The van der Waals surface area contributed by atoms with Crippen LogP contribution in [0.4, 0.5) is 0 Å². The van der Waals surface area contributed by atoms with Crippen LogP contribution in [0.5, 0.6) is 0 Å². The highest BCUT2D eigenvalue weighted by Gasteiger charge is 2.05. The van der Waals surface area contributed by atoms with E-state index in [1.54, 1.807) is 0 Å². The molecular formula is C17H21N. The van der Waals surface area contributed by atoms with Crippen molar-refractivity contribution in [1.82, 2.24) is 0 Å². The van der Waals surface area contributed by atoms with Gasteiger partial charge < -0.3 is 5.73 Å². The van der Waals surface area contributed by atoms with Gasteiger partial charge in [-0.2, -0.15) is 0 Å². The molecule has 0 amide bonds. The van der Waals surface area contributed by atoms with E-state index in [1.807, 2.05) is 0 Å². The van der Waals surface area contributed by atoms with Crippen LogP contribution in [0.1, 0.15) is 35.6 Å². The standard InChI is InChI=1S/C17H21N/c1-14-7-5-11-16(13-14)17(18)12-6-10-15-8-3-2-4-9-15/h2-5,7-9,11,13,17H,6,10,12,18H2,1H3. The van der Waals surface area contributed by atoms with E-state index < -0.39 is 0 Å². The van der Waals surface area contributed by atoms with Gasteiger partial charge in [0.15, 0.2) is 0 Å². The number of aryl methyl sites for hydroxylation is 2. The van der Waals surface area contributed by atoms with Gasteiger partial charge in [-0.25, -0.2) is 0 Å². The molecule has 1 heteroatoms. The van der Waals surface area contributed by atoms with Gasteiger partial charge in [0.05, 0.1) is 0 Å². The molecule has 1 atom stereocenters. The van der Waals surface area contributed by atoms with E-state index in [-0.39, 0.29) is 6.04 Å². The second kappa shape index (κ2) is 6.36. The monoisotopic (exact) mass is 239 g/mol. The Morgan fingerprint density at radius 2 is 1.78 bits per heavy atom. The Balaban J connectivity index is 1.83. The van der Waals surface area contributed by atoms with E-state index in [0.29, 0.717) is 0 Å². The number of hydrogen-bond donors (Lipinski definition) is 1. The molecule has 0 heterocycles. The molecule has 2 aromatic rings. The lowest BCUT2D eigenvalue weighted by Crippen LogP contribution is -2.10. The maximum absolute atomic E-state index is 6.23. The summed E-state index contributed by atoms with van der Waals surface area (Å²) in [5.41, 5.74) is 10.2. The maximum Gasteiger partial charge on any atom is 0.0295 e. The van der Waals surface area contributed by atoms with Crippen LogP contribution < -0.4 is 5.73 Å². The Morgan fingerprint density at radius 1 is 1.00 bits per heavy atom. The molecule has 0 aliphatic heterocycles. The predicted octanol–water partition coefficient (Wildman–Crippen LogP) is 4.02. The minimum Gasteiger partial charge on any atom is -0.324 e. The summed E-state index contributed by atoms with van der Waals surface area (Å²) in [6.07, 6.45) is 3.29. The van der Waals surface area contributed by atoms with Crippen LogP contribution in [0.15, 0.2) is 54.6 Å². The third-order valence-electron chi connectivity index (χ3n) is 3.29. The van der Waals surface area contributed by atoms with Gasteiger partial charge in [-0.3, -0.25) is 0 Å². The Bertz CT molecular complexity index is 476. The zero-order valence-electron chi connectivity index (χ0n) is 11.0. The minimum atomic E-state index is 0.161. The first-order chi connectivity index (χ1) is 8.75. The van der Waals surface area contributed by atoms with Gasteiger partial charge in [0.1, 0.15) is 0 Å². The maximum atomic E-state index is 6.23. The second-order valence-electron chi connectivity index (χ2n) is 4.90. The number of rotatable bonds is 5. The quantitative estimate of drug-likeness (QED) is 0.838. The molecule has 94 valence electrons. The molecule has 18 heavy (non-hydrogen) atoms. The molecule has 0 spiro atoms. The predicted molar refractivity (Wildman–Crippen MR) is 77.5 cm³/mol. The first-order valence-electron chi connectivity index (χ1n) is 6.62. The van der Waals surface area contributed by atoms with Gasteiger partial charge >= 0.3 is 0 Å². The summed E-state index contributed by atoms with van der Waals surface area (Å²) in [6, 6.07) is 19.3. The summed E-state index contributed by atoms with van der Waals surface area (Å²) in [5, 5.41) is 0.